The smallest absolute Gasteiger partial charge is 0.415 e. The summed E-state index contributed by atoms with van der Waals surface area (Å²) in [5, 5.41) is 33.3. The lowest BCUT2D eigenvalue weighted by Gasteiger charge is -2.27. The number of carbonyl (C=O) groups excluding carboxylic acids is 13. The van der Waals surface area contributed by atoms with Crippen molar-refractivity contribution in [3.8, 4) is 11.5 Å². The lowest BCUT2D eigenvalue weighted by Crippen LogP contribution is -2.57. The van der Waals surface area contributed by atoms with Gasteiger partial charge in [-0.1, -0.05) is 145 Å². The maximum Gasteiger partial charge on any atom is 0.415 e. The summed E-state index contributed by atoms with van der Waals surface area (Å²) < 4.78 is 76.8. The molecule has 10 N–H and O–H groups in total. The van der Waals surface area contributed by atoms with Crippen molar-refractivity contribution in [2.24, 2.45) is 22.1 Å². The van der Waals surface area contributed by atoms with Crippen LogP contribution >= 0.6 is 0 Å². The number of carbonyl (C=O) groups is 13. The van der Waals surface area contributed by atoms with Gasteiger partial charge in [-0.3, -0.25) is 28.8 Å². The van der Waals surface area contributed by atoms with Crippen LogP contribution in [0.5, 0.6) is 11.5 Å². The lowest BCUT2D eigenvalue weighted by atomic mass is 10.0. The predicted molar refractivity (Wildman–Crippen MR) is 442 cm³/mol. The van der Waals surface area contributed by atoms with Crippen LogP contribution in [0.1, 0.15) is 146 Å². The second-order valence-electron chi connectivity index (χ2n) is 28.8. The Balaban J connectivity index is 0. The van der Waals surface area contributed by atoms with Crippen LogP contribution in [0.2, 0.25) is 0 Å². The van der Waals surface area contributed by atoms with Crippen molar-refractivity contribution in [1.29, 1.82) is 0 Å². The highest BCUT2D eigenvalue weighted by Gasteiger charge is 2.37. The number of nitrogens with one attached hydrogen (secondary N) is 7. The second-order valence-corrected chi connectivity index (χ2v) is 28.8. The van der Waals surface area contributed by atoms with Crippen molar-refractivity contribution in [3.05, 3.63) is 152 Å². The molecule has 39 nitrogen and oxygen atoms in total. The topological polar surface area (TPSA) is 556 Å². The van der Waals surface area contributed by atoms with Gasteiger partial charge in [-0.2, -0.15) is 0 Å². The van der Waals surface area contributed by atoms with E-state index >= 15 is 0 Å². The monoisotopic (exact) mass is 1740 g/mol. The first-order chi connectivity index (χ1) is 56.8. The fraction of sp³-hybridized carbons (Fsp3) is 0.549. The fourth-order valence-electron chi connectivity index (χ4n) is 9.90. The van der Waals surface area contributed by atoms with E-state index in [1.807, 2.05) is 113 Å². The number of azide groups is 2. The van der Waals surface area contributed by atoms with Crippen LogP contribution in [0, 0.1) is 11.8 Å². The van der Waals surface area contributed by atoms with Crippen molar-refractivity contribution < 1.29 is 134 Å². The van der Waals surface area contributed by atoms with Gasteiger partial charge in [0.25, 0.3) is 6.43 Å². The standard InChI is InChI=1S/C38H55N7O9.C17H15NO4.C9H13NO5.C7H11NO3.C6H14N4O2.C2H2F2O2.3CH4/c1-26(2)22-31(43-37(50)32(42-27(3)46)23-28-12-14-30(15-13-28)53-25-29-10-8-7-9-11-29)36(49)44-33(24-34(47)54-38(4,5)6)35(48)40-16-18-51-20-21-52-19-17-41-45-39;19-16-15(18-17(20)22-16)10-12-6-8-14(9-7-12)21-11-13-4-2-1-3-5-13;1-9(2,3)15-6(11)4-5-7(12)14-8(13)10-5;1-4(2)3-5-6(9)11-7(10)8-5;7-1-3-11-5-6-12-4-2-9-10-8;3-1(4)2(5)6;;;/h7-15,26,31-33H,16-25H2,1-6H3,(H,40,48)(H,42,46)(H,43,50)(H,44,49);1-9,15H,10-11H2,(H,18,20);5H,4H2,1-3H3,(H,10,13);4-5H,3H2,1-2H3,(H,8,10);1-7H2;1H,(H,5,6);3*1H4/t31-,32+,33+;15-;2*5-;;;;;/m1001...../s1. The van der Waals surface area contributed by atoms with E-state index in [2.05, 4.69) is 77.2 Å². The largest absolute Gasteiger partial charge is 0.544 e. The van der Waals surface area contributed by atoms with Gasteiger partial charge in [-0.15, -0.1) is 0 Å². The SMILES string of the molecule is C.C.C.CC(=O)N[C@@H](Cc1ccc(OCc2ccccc2)cc1)C(=O)N[C@H](CC(C)C)C(=O)N[C@@H](CC(=O)OC(C)(C)C)C(=O)NCCOCCOCCN=[N+]=[N-].CC(C)(C)OC(=O)C[C@@H]1NC(=O)OC1=O.CC(C)C[C@H]1NC(=O)OC1=O.O=C([O-])C(F)F.O=C1N[C@@H](Cc2ccc(OCc3ccccc3)cc2)C(=O)O1.[N-]=[N+]=NCCOCCOCC[NH3+]. The van der Waals surface area contributed by atoms with Crippen molar-refractivity contribution in [2.45, 2.75) is 204 Å². The van der Waals surface area contributed by atoms with E-state index in [1.54, 1.807) is 65.8 Å². The third-order valence-electron chi connectivity index (χ3n) is 15.0. The summed E-state index contributed by atoms with van der Waals surface area (Å²) in [6, 6.07) is 28.8. The minimum Gasteiger partial charge on any atom is -0.544 e. The molecule has 3 heterocycles. The molecule has 0 aromatic heterocycles. The molecule has 7 amide bonds. The van der Waals surface area contributed by atoms with Crippen molar-refractivity contribution in [2.75, 3.05) is 79.0 Å². The molecule has 3 aliphatic rings. The van der Waals surface area contributed by atoms with Gasteiger partial charge in [-0.05, 0) is 124 Å². The maximum absolute atomic E-state index is 13.7. The highest BCUT2D eigenvalue weighted by molar-refractivity contribution is 5.98. The minimum absolute atomic E-state index is 0. The molecule has 3 saturated heterocycles. The molecular weight excluding hydrogens is 1620 g/mol. The van der Waals surface area contributed by atoms with Gasteiger partial charge >= 0.3 is 48.1 Å². The zero-order valence-corrected chi connectivity index (χ0v) is 69.1. The van der Waals surface area contributed by atoms with Crippen LogP contribution in [-0.2, 0) is 117 Å². The van der Waals surface area contributed by atoms with E-state index in [-0.39, 0.29) is 87.0 Å². The number of nitrogens with zero attached hydrogens (tertiary/aromatic N) is 6. The van der Waals surface area contributed by atoms with Gasteiger partial charge < -0.3 is 105 Å². The quantitative estimate of drug-likeness (QED) is 0.00405. The van der Waals surface area contributed by atoms with Gasteiger partial charge in [0, 0.05) is 49.2 Å². The summed E-state index contributed by atoms with van der Waals surface area (Å²) in [6.07, 6.45) is -4.75. The fourth-order valence-corrected chi connectivity index (χ4v) is 9.90. The highest BCUT2D eigenvalue weighted by atomic mass is 19.3. The number of ether oxygens (including phenoxy) is 11. The number of cyclic esters (lactones) is 6. The third kappa shape index (κ3) is 54.7. The molecule has 0 aliphatic carbocycles. The number of quaternary nitrogens is 1. The number of alkyl halides is 2. The summed E-state index contributed by atoms with van der Waals surface area (Å²) >= 11 is 0. The molecule has 6 atom stereocenters. The zero-order valence-electron chi connectivity index (χ0n) is 69.1. The normalized spacial score (nSPS) is 14.7. The number of benzene rings is 4. The van der Waals surface area contributed by atoms with E-state index < -0.39 is 138 Å². The van der Waals surface area contributed by atoms with E-state index in [4.69, 9.17) is 58.9 Å². The number of halogens is 2. The van der Waals surface area contributed by atoms with Crippen LogP contribution in [0.3, 0.4) is 0 Å². The average Bonchev–Trinajstić information content (AvgIpc) is 1.44. The van der Waals surface area contributed by atoms with E-state index in [0.29, 0.717) is 70.7 Å². The summed E-state index contributed by atoms with van der Waals surface area (Å²) in [5.41, 5.74) is 22.2. The average molecular weight is 1740 g/mol. The Labute approximate surface area is 715 Å². The minimum atomic E-state index is -3.34. The molecule has 0 unspecified atom stereocenters. The number of rotatable bonds is 42. The number of amides is 7. The van der Waals surface area contributed by atoms with Gasteiger partial charge in [0.05, 0.1) is 72.2 Å². The number of hydrogen-bond acceptors (Lipinski definition) is 27. The highest BCUT2D eigenvalue weighted by Crippen LogP contribution is 2.20. The Bertz CT molecular complexity index is 3960. The molecule has 0 saturated carbocycles. The Hall–Kier alpha value is -12.1. The summed E-state index contributed by atoms with van der Waals surface area (Å²) in [5.74, 6) is -5.95. The molecule has 0 spiro atoms. The molecule has 7 rings (SSSR count). The molecule has 0 radical (unpaired) electrons. The van der Waals surface area contributed by atoms with Gasteiger partial charge in [0.1, 0.15) is 78.1 Å². The molecule has 4 aromatic rings. The van der Waals surface area contributed by atoms with Crippen molar-refractivity contribution >= 4 is 77.7 Å². The van der Waals surface area contributed by atoms with Crippen LogP contribution in [0.25, 0.3) is 20.9 Å². The molecule has 41 heteroatoms. The van der Waals surface area contributed by atoms with Crippen LogP contribution in [-0.4, -0.2) is 211 Å². The number of carboxylic acids is 1. The Kier molecular flexibility index (Phi) is 57.8. The first-order valence-electron chi connectivity index (χ1n) is 38.1. The molecule has 3 fully saturated rings. The van der Waals surface area contributed by atoms with Crippen molar-refractivity contribution in [3.63, 3.8) is 0 Å². The second kappa shape index (κ2) is 62.9. The first-order valence-corrected chi connectivity index (χ1v) is 38.1. The number of alkyl carbamates (subject to hydrolysis) is 3. The Morgan fingerprint density at radius 1 is 0.520 bits per heavy atom. The Morgan fingerprint density at radius 2 is 0.927 bits per heavy atom. The number of carboxylic acid groups (broad SMARTS) is 1. The summed E-state index contributed by atoms with van der Waals surface area (Å²) in [4.78, 5) is 156. The number of hydrogen-bond donors (Lipinski definition) is 8. The molecule has 684 valence electrons. The summed E-state index contributed by atoms with van der Waals surface area (Å²) in [7, 11) is 0. The molecule has 123 heavy (non-hydrogen) atoms. The van der Waals surface area contributed by atoms with Crippen LogP contribution in [0.4, 0.5) is 23.2 Å². The van der Waals surface area contributed by atoms with E-state index in [0.717, 1.165) is 34.5 Å². The Morgan fingerprint density at radius 3 is 1.33 bits per heavy atom. The van der Waals surface area contributed by atoms with Crippen LogP contribution in [0.15, 0.2) is 119 Å². The van der Waals surface area contributed by atoms with Crippen molar-refractivity contribution in [1.82, 2.24) is 37.2 Å². The summed E-state index contributed by atoms with van der Waals surface area (Å²) in [6.45, 7) is 24.7. The zero-order chi connectivity index (χ0) is 89.6. The lowest BCUT2D eigenvalue weighted by molar-refractivity contribution is -0.374. The van der Waals surface area contributed by atoms with Gasteiger partial charge in [-0.25, -0.2) is 37.5 Å². The molecule has 3 aliphatic heterocycles. The molecule has 0 bridgehead atoms. The van der Waals surface area contributed by atoms with E-state index in [9.17, 15) is 66.3 Å². The number of esters is 5. The predicted octanol–water partition coefficient (Wildman–Crippen LogP) is 7.47. The third-order valence-corrected chi connectivity index (χ3v) is 15.0. The van der Waals surface area contributed by atoms with Crippen LogP contribution < -0.4 is 57.5 Å². The molecule has 4 aromatic carbocycles. The van der Waals surface area contributed by atoms with Gasteiger partial charge in [0.2, 0.25) is 23.6 Å². The molecular formula is C82H122F2N14O25. The first kappa shape index (κ1) is 113. The number of aliphatic carboxylic acids is 1. The van der Waals surface area contributed by atoms with E-state index in [1.165, 1.54) is 6.92 Å². The maximum atomic E-state index is 13.7. The van der Waals surface area contributed by atoms with Gasteiger partial charge in [0.15, 0.2) is 0 Å².